The average molecular weight is 384 g/mol. The Balaban J connectivity index is 1.55. The van der Waals surface area contributed by atoms with Gasteiger partial charge >= 0.3 is 0 Å². The fraction of sp³-hybridized carbons (Fsp3) is 0.375. The van der Waals surface area contributed by atoms with E-state index in [1.54, 1.807) is 0 Å². The minimum absolute atomic E-state index is 0.318. The third-order valence-electron chi connectivity index (χ3n) is 6.18. The summed E-state index contributed by atoms with van der Waals surface area (Å²) >= 11 is 0. The van der Waals surface area contributed by atoms with Crippen LogP contribution in [0.3, 0.4) is 0 Å². The van der Waals surface area contributed by atoms with Gasteiger partial charge in [0.2, 0.25) is 5.89 Å². The number of fused-ring (bicyclic) bond motifs is 2. The molecule has 29 heavy (non-hydrogen) atoms. The molecule has 2 atom stereocenters. The zero-order chi connectivity index (χ0) is 19.8. The van der Waals surface area contributed by atoms with Gasteiger partial charge in [-0.15, -0.1) is 0 Å². The van der Waals surface area contributed by atoms with Crippen molar-refractivity contribution >= 4 is 22.1 Å². The van der Waals surface area contributed by atoms with E-state index in [1.807, 2.05) is 37.3 Å². The predicted molar refractivity (Wildman–Crippen MR) is 113 cm³/mol. The van der Waals surface area contributed by atoms with Crippen molar-refractivity contribution in [1.82, 2.24) is 15.0 Å². The van der Waals surface area contributed by atoms with E-state index in [-0.39, 0.29) is 11.8 Å². The number of oxazole rings is 1. The van der Waals surface area contributed by atoms with Crippen LogP contribution in [-0.2, 0) is 0 Å². The summed E-state index contributed by atoms with van der Waals surface area (Å²) in [6.45, 7) is 1.89. The molecule has 0 radical (unpaired) electrons. The molecule has 4 aromatic rings. The lowest BCUT2D eigenvalue weighted by Crippen LogP contribution is -2.12. The van der Waals surface area contributed by atoms with Crippen LogP contribution in [0.25, 0.3) is 22.1 Å². The molecule has 1 aliphatic rings. The molecule has 0 spiro atoms. The van der Waals surface area contributed by atoms with Crippen LogP contribution in [-0.4, -0.2) is 15.0 Å². The van der Waals surface area contributed by atoms with E-state index >= 15 is 0 Å². The van der Waals surface area contributed by atoms with Crippen molar-refractivity contribution in [2.45, 2.75) is 50.9 Å². The molecule has 0 saturated heterocycles. The zero-order valence-electron chi connectivity index (χ0n) is 16.6. The van der Waals surface area contributed by atoms with E-state index in [1.165, 1.54) is 37.7 Å². The van der Waals surface area contributed by atoms with Crippen molar-refractivity contribution in [3.05, 3.63) is 59.7 Å². The highest BCUT2D eigenvalue weighted by Crippen LogP contribution is 2.36. The van der Waals surface area contributed by atoms with E-state index in [0.717, 1.165) is 28.0 Å². The summed E-state index contributed by atoms with van der Waals surface area (Å²) in [6.07, 6.45) is 6.46. The smallest absolute Gasteiger partial charge is 0.207 e. The van der Waals surface area contributed by atoms with Crippen LogP contribution in [0.2, 0.25) is 0 Å². The van der Waals surface area contributed by atoms with Gasteiger partial charge in [-0.2, -0.15) is 5.26 Å². The minimum Gasteiger partial charge on any atom is -0.440 e. The lowest BCUT2D eigenvalue weighted by Gasteiger charge is -2.21. The molecule has 0 aliphatic heterocycles. The van der Waals surface area contributed by atoms with Crippen LogP contribution in [0.15, 0.2) is 46.9 Å². The standard InChI is InChI=1S/C24H24N4O/c1-15(14-25)22(23-26-18-9-5-6-10-19(18)27-23)24-28-20-13-17(11-12-21(20)29-24)16-7-3-2-4-8-16/h5-6,9-13,15-16,22H,2-4,7-8H2,1H3,(H,26,27). The van der Waals surface area contributed by atoms with Gasteiger partial charge in [-0.1, -0.05) is 37.5 Å². The summed E-state index contributed by atoms with van der Waals surface area (Å²) in [4.78, 5) is 12.9. The normalized spacial score (nSPS) is 17.4. The first-order valence-corrected chi connectivity index (χ1v) is 10.5. The monoisotopic (exact) mass is 384 g/mol. The van der Waals surface area contributed by atoms with E-state index in [0.29, 0.717) is 11.8 Å². The Kier molecular flexibility index (Phi) is 4.55. The molecule has 1 N–H and O–H groups in total. The molecular formula is C24H24N4O. The van der Waals surface area contributed by atoms with Crippen LogP contribution in [0.1, 0.15) is 68.1 Å². The molecule has 5 rings (SSSR count). The number of H-pyrrole nitrogens is 1. The van der Waals surface area contributed by atoms with E-state index in [2.05, 4.69) is 23.2 Å². The Morgan fingerprint density at radius 1 is 1.07 bits per heavy atom. The van der Waals surface area contributed by atoms with Crippen LogP contribution in [0.4, 0.5) is 0 Å². The number of aromatic amines is 1. The maximum absolute atomic E-state index is 9.63. The van der Waals surface area contributed by atoms with E-state index < -0.39 is 0 Å². The number of hydrogen-bond acceptors (Lipinski definition) is 4. The van der Waals surface area contributed by atoms with Gasteiger partial charge in [-0.25, -0.2) is 9.97 Å². The number of nitrogens with one attached hydrogen (secondary N) is 1. The Hall–Kier alpha value is -3.13. The molecule has 146 valence electrons. The molecule has 2 aromatic carbocycles. The van der Waals surface area contributed by atoms with Gasteiger partial charge in [0, 0.05) is 0 Å². The predicted octanol–water partition coefficient (Wildman–Crippen LogP) is 6.04. The molecule has 5 heteroatoms. The van der Waals surface area contributed by atoms with Gasteiger partial charge in [-0.05, 0) is 55.5 Å². The number of rotatable bonds is 4. The van der Waals surface area contributed by atoms with E-state index in [9.17, 15) is 5.26 Å². The first-order chi connectivity index (χ1) is 14.2. The highest BCUT2D eigenvalue weighted by molar-refractivity contribution is 5.76. The highest BCUT2D eigenvalue weighted by Gasteiger charge is 2.30. The second kappa shape index (κ2) is 7.36. The SMILES string of the molecule is CC(C#N)C(c1nc2ccccc2[nH]1)c1nc2cc(C3CCCCC3)ccc2o1. The van der Waals surface area contributed by atoms with Gasteiger partial charge in [0.15, 0.2) is 5.58 Å². The number of benzene rings is 2. The topological polar surface area (TPSA) is 78.5 Å². The van der Waals surface area contributed by atoms with Crippen molar-refractivity contribution < 1.29 is 4.42 Å². The van der Waals surface area contributed by atoms with E-state index in [4.69, 9.17) is 14.4 Å². The third-order valence-corrected chi connectivity index (χ3v) is 6.18. The van der Waals surface area contributed by atoms with Crippen molar-refractivity contribution in [3.63, 3.8) is 0 Å². The first kappa shape index (κ1) is 17.9. The molecular weight excluding hydrogens is 360 g/mol. The van der Waals surface area contributed by atoms with Crippen molar-refractivity contribution in [1.29, 1.82) is 5.26 Å². The summed E-state index contributed by atoms with van der Waals surface area (Å²) in [6, 6.07) is 16.6. The number of imidazole rings is 1. The maximum Gasteiger partial charge on any atom is 0.207 e. The van der Waals surface area contributed by atoms with Crippen LogP contribution < -0.4 is 0 Å². The molecule has 5 nitrogen and oxygen atoms in total. The molecule has 2 heterocycles. The number of nitrogens with zero attached hydrogens (tertiary/aromatic N) is 3. The molecule has 1 fully saturated rings. The summed E-state index contributed by atoms with van der Waals surface area (Å²) < 4.78 is 6.12. The van der Waals surface area contributed by atoms with Gasteiger partial charge in [-0.3, -0.25) is 0 Å². The van der Waals surface area contributed by atoms with Gasteiger partial charge in [0.25, 0.3) is 0 Å². The largest absolute Gasteiger partial charge is 0.440 e. The lowest BCUT2D eigenvalue weighted by atomic mass is 9.84. The number of nitriles is 1. The first-order valence-electron chi connectivity index (χ1n) is 10.5. The van der Waals surface area contributed by atoms with Crippen molar-refractivity contribution in [3.8, 4) is 6.07 Å². The summed E-state index contributed by atoms with van der Waals surface area (Å²) in [5.41, 5.74) is 4.83. The fourth-order valence-electron chi connectivity index (χ4n) is 4.55. The van der Waals surface area contributed by atoms with Crippen LogP contribution >= 0.6 is 0 Å². The molecule has 0 amide bonds. The Bertz CT molecular complexity index is 1160. The van der Waals surface area contributed by atoms with Gasteiger partial charge < -0.3 is 9.40 Å². The average Bonchev–Trinajstić information content (AvgIpc) is 3.37. The summed E-state index contributed by atoms with van der Waals surface area (Å²) in [5, 5.41) is 9.63. The maximum atomic E-state index is 9.63. The fourth-order valence-corrected chi connectivity index (χ4v) is 4.55. The Labute approximate surface area is 169 Å². The third kappa shape index (κ3) is 3.29. The number of aromatic nitrogens is 3. The van der Waals surface area contributed by atoms with Gasteiger partial charge in [0.05, 0.1) is 23.0 Å². The Morgan fingerprint density at radius 2 is 1.90 bits per heavy atom. The van der Waals surface area contributed by atoms with Crippen molar-refractivity contribution in [2.24, 2.45) is 5.92 Å². The zero-order valence-corrected chi connectivity index (χ0v) is 16.6. The summed E-state index contributed by atoms with van der Waals surface area (Å²) in [5.74, 6) is 1.24. The van der Waals surface area contributed by atoms with Gasteiger partial charge in [0.1, 0.15) is 17.3 Å². The highest BCUT2D eigenvalue weighted by atomic mass is 16.3. The molecule has 2 aromatic heterocycles. The van der Waals surface area contributed by atoms with Crippen LogP contribution in [0.5, 0.6) is 0 Å². The molecule has 1 aliphatic carbocycles. The molecule has 2 unspecified atom stereocenters. The minimum atomic E-state index is -0.335. The molecule has 1 saturated carbocycles. The lowest BCUT2D eigenvalue weighted by molar-refractivity contribution is 0.443. The van der Waals surface area contributed by atoms with Crippen LogP contribution in [0, 0.1) is 17.2 Å². The second-order valence-electron chi connectivity index (χ2n) is 8.15. The number of para-hydroxylation sites is 2. The Morgan fingerprint density at radius 3 is 2.69 bits per heavy atom. The quantitative estimate of drug-likeness (QED) is 0.465. The summed E-state index contributed by atoms with van der Waals surface area (Å²) in [7, 11) is 0. The number of hydrogen-bond donors (Lipinski definition) is 1. The van der Waals surface area contributed by atoms with Crippen molar-refractivity contribution in [2.75, 3.05) is 0 Å². The second-order valence-corrected chi connectivity index (χ2v) is 8.15. The molecule has 0 bridgehead atoms.